The number of anilines is 1. The summed E-state index contributed by atoms with van der Waals surface area (Å²) in [4.78, 5) is 80.4. The average molecular weight is 710 g/mol. The van der Waals surface area contributed by atoms with Gasteiger partial charge in [0.25, 0.3) is 17.7 Å². The number of amides is 6. The van der Waals surface area contributed by atoms with Crippen LogP contribution in [0, 0.1) is 0 Å². The molecule has 1 fully saturated rings. The number of hydrogen-bond acceptors (Lipinski definition) is 9. The lowest BCUT2D eigenvalue weighted by Gasteiger charge is -2.27. The highest BCUT2D eigenvalue weighted by Gasteiger charge is 2.44. The summed E-state index contributed by atoms with van der Waals surface area (Å²) in [6, 6.07) is 8.75. The van der Waals surface area contributed by atoms with Gasteiger partial charge in [0, 0.05) is 31.1 Å². The number of hydrogen-bond donors (Lipinski definition) is 3. The first kappa shape index (κ1) is 34.4. The molecule has 13 nitrogen and oxygen atoms in total. The molecule has 3 aromatic heterocycles. The molecule has 0 saturated carbocycles. The van der Waals surface area contributed by atoms with E-state index in [1.165, 1.54) is 35.6 Å². The van der Waals surface area contributed by atoms with Crippen molar-refractivity contribution < 1.29 is 41.9 Å². The van der Waals surface area contributed by atoms with Gasteiger partial charge in [-0.05, 0) is 55.0 Å². The number of imide groups is 2. The molecule has 3 N–H and O–H groups in total. The molecule has 1 saturated heterocycles. The molecule has 6 amide bonds. The van der Waals surface area contributed by atoms with Gasteiger partial charge in [-0.25, -0.2) is 9.50 Å². The lowest BCUT2D eigenvalue weighted by molar-refractivity contribution is -0.142. The first-order valence-corrected chi connectivity index (χ1v) is 16.7. The van der Waals surface area contributed by atoms with Crippen molar-refractivity contribution in [3.05, 3.63) is 70.4 Å². The van der Waals surface area contributed by atoms with E-state index in [0.29, 0.717) is 27.9 Å². The van der Waals surface area contributed by atoms with Crippen LogP contribution in [-0.4, -0.2) is 67.5 Å². The lowest BCUT2D eigenvalue weighted by Crippen LogP contribution is -2.54. The summed E-state index contributed by atoms with van der Waals surface area (Å²) >= 11 is 1.25. The Kier molecular flexibility index (Phi) is 9.76. The van der Waals surface area contributed by atoms with E-state index >= 15 is 0 Å². The number of carbonyl (C=O) groups excluding carboxylic acids is 6. The zero-order valence-electron chi connectivity index (χ0n) is 26.3. The normalized spacial score (nSPS) is 16.1. The first-order chi connectivity index (χ1) is 23.9. The Balaban J connectivity index is 0.918. The quantitative estimate of drug-likeness (QED) is 0.142. The Bertz CT molecular complexity index is 2010. The van der Waals surface area contributed by atoms with Crippen molar-refractivity contribution in [3.63, 3.8) is 0 Å². The first-order valence-electron chi connectivity index (χ1n) is 15.9. The summed E-state index contributed by atoms with van der Waals surface area (Å²) < 4.78 is 41.9. The number of piperidine rings is 1. The van der Waals surface area contributed by atoms with Gasteiger partial charge in [0.15, 0.2) is 17.0 Å². The van der Waals surface area contributed by atoms with Crippen molar-refractivity contribution in [2.24, 2.45) is 0 Å². The minimum atomic E-state index is -4.71. The van der Waals surface area contributed by atoms with E-state index in [9.17, 15) is 41.9 Å². The number of halogens is 3. The SMILES string of the molecule is O=C1CCC(N2C(=O)c3ccc(NC(=O)CCCCCCCNC(=O)c4cc5nc(-c6cccs6)cc(C(F)(F)F)n5n4)cc3C2=O)C(=O)N1. The fraction of sp³-hybridized carbons (Fsp3) is 0.333. The summed E-state index contributed by atoms with van der Waals surface area (Å²) in [6.07, 6.45) is -1.02. The molecule has 17 heteroatoms. The van der Waals surface area contributed by atoms with E-state index in [4.69, 9.17) is 0 Å². The van der Waals surface area contributed by atoms with Gasteiger partial charge < -0.3 is 10.6 Å². The van der Waals surface area contributed by atoms with Gasteiger partial charge >= 0.3 is 6.18 Å². The molecule has 1 atom stereocenters. The third-order valence-corrected chi connectivity index (χ3v) is 9.21. The number of nitrogens with one attached hydrogen (secondary N) is 3. The van der Waals surface area contributed by atoms with Crippen LogP contribution in [0.2, 0.25) is 0 Å². The molecular formula is C33H30F3N7O6S. The van der Waals surface area contributed by atoms with E-state index in [0.717, 1.165) is 30.2 Å². The maximum Gasteiger partial charge on any atom is 0.433 e. The number of benzene rings is 1. The molecule has 2 aliphatic heterocycles. The van der Waals surface area contributed by atoms with Crippen molar-refractivity contribution in [3.8, 4) is 10.6 Å². The molecule has 1 unspecified atom stereocenters. The van der Waals surface area contributed by atoms with Crippen LogP contribution in [0.25, 0.3) is 16.2 Å². The highest BCUT2D eigenvalue weighted by Crippen LogP contribution is 2.34. The molecule has 50 heavy (non-hydrogen) atoms. The van der Waals surface area contributed by atoms with Gasteiger partial charge in [0.2, 0.25) is 17.7 Å². The predicted octanol–water partition coefficient (Wildman–Crippen LogP) is 4.59. The summed E-state index contributed by atoms with van der Waals surface area (Å²) in [5.74, 6) is -3.36. The van der Waals surface area contributed by atoms with E-state index in [1.54, 1.807) is 17.5 Å². The van der Waals surface area contributed by atoms with Gasteiger partial charge in [-0.15, -0.1) is 11.3 Å². The Labute approximate surface area is 286 Å². The third-order valence-electron chi connectivity index (χ3n) is 8.31. The van der Waals surface area contributed by atoms with Crippen molar-refractivity contribution in [2.75, 3.05) is 11.9 Å². The second kappa shape index (κ2) is 14.2. The number of aromatic nitrogens is 3. The fourth-order valence-corrected chi connectivity index (χ4v) is 6.53. The van der Waals surface area contributed by atoms with Crippen molar-refractivity contribution in [1.82, 2.24) is 30.1 Å². The number of carbonyl (C=O) groups is 6. The second-order valence-corrected chi connectivity index (χ2v) is 12.8. The zero-order chi connectivity index (χ0) is 35.6. The molecule has 6 rings (SSSR count). The monoisotopic (exact) mass is 709 g/mol. The third kappa shape index (κ3) is 7.27. The van der Waals surface area contributed by atoms with Crippen LogP contribution in [0.15, 0.2) is 47.8 Å². The Morgan fingerprint density at radius 3 is 2.46 bits per heavy atom. The van der Waals surface area contributed by atoms with Gasteiger partial charge in [-0.3, -0.25) is 39.0 Å². The Morgan fingerprint density at radius 2 is 1.72 bits per heavy atom. The van der Waals surface area contributed by atoms with E-state index in [2.05, 4.69) is 26.0 Å². The largest absolute Gasteiger partial charge is 0.433 e. The molecule has 0 aliphatic carbocycles. The van der Waals surface area contributed by atoms with Crippen molar-refractivity contribution in [2.45, 2.75) is 63.6 Å². The molecule has 1 aromatic carbocycles. The number of alkyl halides is 3. The maximum atomic E-state index is 13.8. The molecule has 4 aromatic rings. The predicted molar refractivity (Wildman–Crippen MR) is 173 cm³/mol. The second-order valence-electron chi connectivity index (χ2n) is 11.8. The Hall–Kier alpha value is -5.45. The molecule has 2 aliphatic rings. The fourth-order valence-electron chi connectivity index (χ4n) is 5.84. The highest BCUT2D eigenvalue weighted by molar-refractivity contribution is 7.13. The van der Waals surface area contributed by atoms with E-state index < -0.39 is 47.4 Å². The average Bonchev–Trinajstić information content (AvgIpc) is 3.81. The maximum absolute atomic E-state index is 13.8. The summed E-state index contributed by atoms with van der Waals surface area (Å²) in [7, 11) is 0. The Morgan fingerprint density at radius 1 is 0.960 bits per heavy atom. The molecule has 0 bridgehead atoms. The topological polar surface area (TPSA) is 172 Å². The zero-order valence-corrected chi connectivity index (χ0v) is 27.2. The number of rotatable bonds is 12. The van der Waals surface area contributed by atoms with Crippen molar-refractivity contribution in [1.29, 1.82) is 0 Å². The minimum Gasteiger partial charge on any atom is -0.351 e. The molecule has 0 spiro atoms. The minimum absolute atomic E-state index is 0.0130. The molecular weight excluding hydrogens is 679 g/mol. The smallest absolute Gasteiger partial charge is 0.351 e. The number of unbranched alkanes of at least 4 members (excludes halogenated alkanes) is 4. The van der Waals surface area contributed by atoms with E-state index in [1.807, 2.05) is 0 Å². The van der Waals surface area contributed by atoms with Crippen LogP contribution < -0.4 is 16.0 Å². The van der Waals surface area contributed by atoms with Crippen LogP contribution >= 0.6 is 11.3 Å². The van der Waals surface area contributed by atoms with Crippen LogP contribution in [0.5, 0.6) is 0 Å². The molecule has 5 heterocycles. The van der Waals surface area contributed by atoms with Gasteiger partial charge in [-0.1, -0.05) is 25.3 Å². The number of nitrogens with zero attached hydrogens (tertiary/aromatic N) is 4. The summed E-state index contributed by atoms with van der Waals surface area (Å²) in [5, 5.41) is 13.1. The highest BCUT2D eigenvalue weighted by atomic mass is 32.1. The lowest BCUT2D eigenvalue weighted by atomic mass is 10.0. The summed E-state index contributed by atoms with van der Waals surface area (Å²) in [5.41, 5.74) is -0.649. The molecule has 0 radical (unpaired) electrons. The van der Waals surface area contributed by atoms with Crippen LogP contribution in [0.3, 0.4) is 0 Å². The van der Waals surface area contributed by atoms with Gasteiger partial charge in [-0.2, -0.15) is 18.3 Å². The van der Waals surface area contributed by atoms with Crippen LogP contribution in [0.4, 0.5) is 18.9 Å². The van der Waals surface area contributed by atoms with Gasteiger partial charge in [0.1, 0.15) is 6.04 Å². The summed E-state index contributed by atoms with van der Waals surface area (Å²) in [6.45, 7) is 0.285. The standard InChI is InChI=1S/C33H30F3N7O6S/c34-33(35,36)25-16-21(24-7-6-14-50-24)39-26-17-22(41-43(25)26)29(46)37-13-5-3-1-2-4-8-27(44)38-18-9-10-19-20(15-18)32(49)42(31(19)48)23-11-12-28(45)40-30(23)47/h6-7,9-10,14-17,23H,1-5,8,11-13H2,(H,37,46)(H,38,44)(H,40,45,47). The van der Waals surface area contributed by atoms with Crippen molar-refractivity contribution >= 4 is 58.1 Å². The molecule has 260 valence electrons. The van der Waals surface area contributed by atoms with Gasteiger partial charge in [0.05, 0.1) is 21.7 Å². The number of thiophene rings is 1. The van der Waals surface area contributed by atoms with Crippen LogP contribution in [-0.2, 0) is 20.6 Å². The van der Waals surface area contributed by atoms with Crippen LogP contribution in [0.1, 0.15) is 88.3 Å². The number of fused-ring (bicyclic) bond motifs is 2. The van der Waals surface area contributed by atoms with E-state index in [-0.39, 0.29) is 59.9 Å².